The van der Waals surface area contributed by atoms with Crippen molar-refractivity contribution in [1.82, 2.24) is 5.32 Å². The van der Waals surface area contributed by atoms with Crippen molar-refractivity contribution in [1.29, 1.82) is 0 Å². The largest absolute Gasteiger partial charge is 0.394 e. The van der Waals surface area contributed by atoms with Gasteiger partial charge >= 0.3 is 0 Å². The maximum atomic E-state index is 9.26. The lowest BCUT2D eigenvalue weighted by Gasteiger charge is -2.11. The molecular formula is C7H15NO3. The van der Waals surface area contributed by atoms with E-state index in [9.17, 15) is 5.11 Å². The van der Waals surface area contributed by atoms with Crippen molar-refractivity contribution in [3.63, 3.8) is 0 Å². The third-order valence-corrected chi connectivity index (χ3v) is 1.84. The fourth-order valence-corrected chi connectivity index (χ4v) is 1.25. The number of rotatable bonds is 3. The first-order valence-corrected chi connectivity index (χ1v) is 3.95. The number of nitrogens with one attached hydrogen (secondary N) is 1. The zero-order chi connectivity index (χ0) is 8.27. The van der Waals surface area contributed by atoms with Gasteiger partial charge in [0, 0.05) is 6.42 Å². The van der Waals surface area contributed by atoms with Crippen LogP contribution < -0.4 is 5.32 Å². The van der Waals surface area contributed by atoms with Crippen LogP contribution in [0.4, 0.5) is 0 Å². The number of ether oxygens (including phenoxy) is 1. The Labute approximate surface area is 66.2 Å². The van der Waals surface area contributed by atoms with Crippen LogP contribution in [-0.4, -0.2) is 41.8 Å². The van der Waals surface area contributed by atoms with E-state index in [1.165, 1.54) is 0 Å². The van der Waals surface area contributed by atoms with Crippen LogP contribution in [0.1, 0.15) is 13.3 Å². The van der Waals surface area contributed by atoms with E-state index >= 15 is 0 Å². The van der Waals surface area contributed by atoms with Gasteiger partial charge in [-0.3, -0.25) is 5.32 Å². The summed E-state index contributed by atoms with van der Waals surface area (Å²) >= 11 is 0. The van der Waals surface area contributed by atoms with Gasteiger partial charge in [-0.1, -0.05) is 6.92 Å². The molecule has 1 fully saturated rings. The number of aliphatic hydroxyl groups excluding tert-OH is 2. The molecule has 66 valence electrons. The summed E-state index contributed by atoms with van der Waals surface area (Å²) in [6.45, 7) is 2.68. The molecule has 3 atom stereocenters. The summed E-state index contributed by atoms with van der Waals surface area (Å²) in [7, 11) is 0. The Morgan fingerprint density at radius 1 is 1.64 bits per heavy atom. The van der Waals surface area contributed by atoms with E-state index in [2.05, 4.69) is 5.32 Å². The van der Waals surface area contributed by atoms with Crippen molar-refractivity contribution in [2.24, 2.45) is 0 Å². The molecule has 1 aliphatic heterocycles. The van der Waals surface area contributed by atoms with Crippen LogP contribution in [0.25, 0.3) is 0 Å². The molecule has 0 saturated carbocycles. The van der Waals surface area contributed by atoms with E-state index in [1.807, 2.05) is 6.92 Å². The van der Waals surface area contributed by atoms with Crippen molar-refractivity contribution in [2.75, 3.05) is 13.2 Å². The van der Waals surface area contributed by atoms with E-state index in [-0.39, 0.29) is 12.8 Å². The lowest BCUT2D eigenvalue weighted by atomic mass is 10.2. The monoisotopic (exact) mass is 161 g/mol. The predicted octanol–water partition coefficient (Wildman–Crippen LogP) is -0.936. The molecule has 0 aromatic carbocycles. The summed E-state index contributed by atoms with van der Waals surface area (Å²) in [5, 5.41) is 21.0. The minimum absolute atomic E-state index is 0.0906. The highest BCUT2D eigenvalue weighted by molar-refractivity contribution is 4.79. The Balaban J connectivity index is 2.30. The fourth-order valence-electron chi connectivity index (χ4n) is 1.25. The van der Waals surface area contributed by atoms with Crippen molar-refractivity contribution >= 4 is 0 Å². The molecule has 0 aliphatic carbocycles. The van der Waals surface area contributed by atoms with Crippen molar-refractivity contribution in [2.45, 2.75) is 31.8 Å². The Morgan fingerprint density at radius 2 is 2.36 bits per heavy atom. The van der Waals surface area contributed by atoms with Gasteiger partial charge in [0.15, 0.2) is 0 Å². The SMILES string of the molecule is CCNC1CC(O)C(CO)O1. The summed E-state index contributed by atoms with van der Waals surface area (Å²) in [4.78, 5) is 0. The van der Waals surface area contributed by atoms with Gasteiger partial charge in [0.2, 0.25) is 0 Å². The van der Waals surface area contributed by atoms with Gasteiger partial charge in [-0.05, 0) is 6.54 Å². The van der Waals surface area contributed by atoms with Crippen LogP contribution in [0.2, 0.25) is 0 Å². The Hall–Kier alpha value is -0.160. The molecule has 0 spiro atoms. The Morgan fingerprint density at radius 3 is 2.82 bits per heavy atom. The molecule has 1 aliphatic rings. The molecule has 1 saturated heterocycles. The summed E-state index contributed by atoms with van der Waals surface area (Å²) in [5.74, 6) is 0. The molecule has 0 aromatic rings. The van der Waals surface area contributed by atoms with Crippen LogP contribution >= 0.6 is 0 Å². The molecule has 0 amide bonds. The summed E-state index contributed by atoms with van der Waals surface area (Å²) in [5.41, 5.74) is 0. The van der Waals surface area contributed by atoms with Gasteiger partial charge < -0.3 is 14.9 Å². The molecule has 3 N–H and O–H groups in total. The van der Waals surface area contributed by atoms with Gasteiger partial charge in [0.1, 0.15) is 12.3 Å². The molecule has 4 heteroatoms. The third kappa shape index (κ3) is 2.13. The molecule has 0 bridgehead atoms. The van der Waals surface area contributed by atoms with E-state index in [0.717, 1.165) is 6.54 Å². The number of hydrogen-bond acceptors (Lipinski definition) is 4. The quantitative estimate of drug-likeness (QED) is 0.500. The smallest absolute Gasteiger partial charge is 0.111 e. The molecule has 11 heavy (non-hydrogen) atoms. The van der Waals surface area contributed by atoms with Crippen molar-refractivity contribution in [3.8, 4) is 0 Å². The molecule has 1 heterocycles. The summed E-state index contributed by atoms with van der Waals surface area (Å²) in [6, 6.07) is 0. The van der Waals surface area contributed by atoms with E-state index < -0.39 is 12.2 Å². The highest BCUT2D eigenvalue weighted by Crippen LogP contribution is 2.17. The van der Waals surface area contributed by atoms with Crippen LogP contribution in [0.3, 0.4) is 0 Å². The van der Waals surface area contributed by atoms with E-state index in [0.29, 0.717) is 6.42 Å². The third-order valence-electron chi connectivity index (χ3n) is 1.84. The zero-order valence-corrected chi connectivity index (χ0v) is 6.66. The minimum Gasteiger partial charge on any atom is -0.394 e. The minimum atomic E-state index is -0.524. The van der Waals surface area contributed by atoms with Gasteiger partial charge in [-0.2, -0.15) is 0 Å². The molecule has 4 nitrogen and oxygen atoms in total. The predicted molar refractivity (Wildman–Crippen MR) is 40.0 cm³/mol. The van der Waals surface area contributed by atoms with Crippen LogP contribution in [0.15, 0.2) is 0 Å². The van der Waals surface area contributed by atoms with E-state index in [4.69, 9.17) is 9.84 Å². The van der Waals surface area contributed by atoms with Gasteiger partial charge in [-0.25, -0.2) is 0 Å². The second-order valence-corrected chi connectivity index (χ2v) is 2.71. The topological polar surface area (TPSA) is 61.7 Å². The first kappa shape index (κ1) is 8.93. The van der Waals surface area contributed by atoms with Crippen LogP contribution in [0.5, 0.6) is 0 Å². The fraction of sp³-hybridized carbons (Fsp3) is 1.00. The molecule has 3 unspecified atom stereocenters. The van der Waals surface area contributed by atoms with Crippen LogP contribution in [-0.2, 0) is 4.74 Å². The first-order valence-electron chi connectivity index (χ1n) is 3.95. The average molecular weight is 161 g/mol. The lowest BCUT2D eigenvalue weighted by Crippen LogP contribution is -2.29. The standard InChI is InChI=1S/C7H15NO3/c1-2-8-7-3-5(10)6(4-9)11-7/h5-10H,2-4H2,1H3. The Kier molecular flexibility index (Phi) is 3.26. The van der Waals surface area contributed by atoms with Gasteiger partial charge in [0.25, 0.3) is 0 Å². The van der Waals surface area contributed by atoms with Gasteiger partial charge in [-0.15, -0.1) is 0 Å². The normalized spacial score (nSPS) is 37.9. The average Bonchev–Trinajstić information content (AvgIpc) is 2.32. The lowest BCUT2D eigenvalue weighted by molar-refractivity contribution is -0.0302. The molecule has 0 aromatic heterocycles. The van der Waals surface area contributed by atoms with E-state index in [1.54, 1.807) is 0 Å². The Bertz CT molecular complexity index is 120. The maximum Gasteiger partial charge on any atom is 0.111 e. The van der Waals surface area contributed by atoms with Crippen molar-refractivity contribution < 1.29 is 14.9 Å². The number of aliphatic hydroxyl groups is 2. The zero-order valence-electron chi connectivity index (χ0n) is 6.66. The highest BCUT2D eigenvalue weighted by Gasteiger charge is 2.32. The molecule has 1 rings (SSSR count). The summed E-state index contributed by atoms with van der Waals surface area (Å²) in [6.07, 6.45) is -0.450. The maximum absolute atomic E-state index is 9.26. The molecular weight excluding hydrogens is 146 g/mol. The second-order valence-electron chi connectivity index (χ2n) is 2.71. The van der Waals surface area contributed by atoms with Crippen molar-refractivity contribution in [3.05, 3.63) is 0 Å². The van der Waals surface area contributed by atoms with Crippen LogP contribution in [0, 0.1) is 0 Å². The molecule has 0 radical (unpaired) electrons. The first-order chi connectivity index (χ1) is 5.27. The highest BCUT2D eigenvalue weighted by atomic mass is 16.5. The summed E-state index contributed by atoms with van der Waals surface area (Å²) < 4.78 is 5.25. The number of hydrogen-bond donors (Lipinski definition) is 3. The van der Waals surface area contributed by atoms with Gasteiger partial charge in [0.05, 0.1) is 12.7 Å². The second kappa shape index (κ2) is 4.01.